The van der Waals surface area contributed by atoms with Gasteiger partial charge in [-0.2, -0.15) is 0 Å². The number of benzene rings is 1. The van der Waals surface area contributed by atoms with Crippen LogP contribution in [-0.4, -0.2) is 24.0 Å². The van der Waals surface area contributed by atoms with Crippen LogP contribution in [0.2, 0.25) is 5.02 Å². The van der Waals surface area contributed by atoms with Crippen LogP contribution in [0.4, 0.5) is 10.1 Å². The molecule has 0 aromatic heterocycles. The van der Waals surface area contributed by atoms with Gasteiger partial charge in [0.15, 0.2) is 0 Å². The largest absolute Gasteiger partial charge is 0.489 e. The summed E-state index contributed by atoms with van der Waals surface area (Å²) in [6.07, 6.45) is 11.3. The highest BCUT2D eigenvalue weighted by Gasteiger charge is 2.29. The standard InChI is InChI=1S/C26H34ClFN2O3/c1-16-8-2-7-13-22(16)29-25(31)18-11-5-6-12-19(18)26(32)30-23-15-24(20(27)14-21(23)28)33-17-9-3-4-10-17/h14-17,22H,2-13H2,1H3,(H,29,31)(H,30,32). The number of hydrogen-bond donors (Lipinski definition) is 2. The van der Waals surface area contributed by atoms with Crippen molar-refractivity contribution in [3.8, 4) is 5.75 Å². The van der Waals surface area contributed by atoms with Crippen LogP contribution < -0.4 is 15.4 Å². The second kappa shape index (κ2) is 10.9. The molecule has 2 amide bonds. The lowest BCUT2D eigenvalue weighted by atomic mass is 9.85. The molecule has 1 aromatic carbocycles. The van der Waals surface area contributed by atoms with Gasteiger partial charge < -0.3 is 15.4 Å². The zero-order valence-corrected chi connectivity index (χ0v) is 20.1. The fourth-order valence-electron chi connectivity index (χ4n) is 5.29. The Bertz CT molecular complexity index is 926. The summed E-state index contributed by atoms with van der Waals surface area (Å²) < 4.78 is 20.6. The molecule has 3 aliphatic rings. The van der Waals surface area contributed by atoms with E-state index in [1.165, 1.54) is 18.6 Å². The summed E-state index contributed by atoms with van der Waals surface area (Å²) in [6.45, 7) is 2.17. The lowest BCUT2D eigenvalue weighted by Crippen LogP contribution is -2.42. The third-order valence-electron chi connectivity index (χ3n) is 7.31. The van der Waals surface area contributed by atoms with Gasteiger partial charge in [-0.15, -0.1) is 0 Å². The minimum Gasteiger partial charge on any atom is -0.489 e. The lowest BCUT2D eigenvalue weighted by Gasteiger charge is -2.30. The first-order valence-corrected chi connectivity index (χ1v) is 12.8. The molecule has 2 N–H and O–H groups in total. The third kappa shape index (κ3) is 5.89. The van der Waals surface area contributed by atoms with Gasteiger partial charge in [-0.3, -0.25) is 9.59 Å². The molecule has 0 spiro atoms. The van der Waals surface area contributed by atoms with Crippen LogP contribution >= 0.6 is 11.6 Å². The highest BCUT2D eigenvalue weighted by Crippen LogP contribution is 2.35. The molecule has 2 atom stereocenters. The molecule has 2 saturated carbocycles. The average molecular weight is 477 g/mol. The van der Waals surface area contributed by atoms with Crippen LogP contribution in [0.15, 0.2) is 23.3 Å². The summed E-state index contributed by atoms with van der Waals surface area (Å²) in [6, 6.07) is 2.78. The van der Waals surface area contributed by atoms with Gasteiger partial charge in [-0.1, -0.05) is 31.4 Å². The van der Waals surface area contributed by atoms with Crippen molar-refractivity contribution in [2.75, 3.05) is 5.32 Å². The van der Waals surface area contributed by atoms with E-state index in [0.29, 0.717) is 35.7 Å². The second-order valence-electron chi connectivity index (χ2n) is 9.75. The van der Waals surface area contributed by atoms with E-state index in [2.05, 4.69) is 17.6 Å². The Balaban J connectivity index is 1.50. The maximum absolute atomic E-state index is 14.6. The Hall–Kier alpha value is -2.08. The van der Waals surface area contributed by atoms with Crippen LogP contribution in [0.5, 0.6) is 5.75 Å². The molecule has 3 aliphatic carbocycles. The first-order valence-electron chi connectivity index (χ1n) is 12.4. The predicted molar refractivity (Wildman–Crippen MR) is 128 cm³/mol. The van der Waals surface area contributed by atoms with Crippen molar-refractivity contribution in [2.45, 2.75) is 96.1 Å². The van der Waals surface area contributed by atoms with Gasteiger partial charge in [-0.05, 0) is 76.2 Å². The SMILES string of the molecule is CC1CCCCC1NC(=O)C1=C(C(=O)Nc2cc(OC3CCCC3)c(Cl)cc2F)CCCC1. The average Bonchev–Trinajstić information content (AvgIpc) is 3.31. The molecule has 0 radical (unpaired) electrons. The predicted octanol–water partition coefficient (Wildman–Crippen LogP) is 6.30. The maximum Gasteiger partial charge on any atom is 0.252 e. The number of carbonyl (C=O) groups is 2. The van der Waals surface area contributed by atoms with Gasteiger partial charge in [0.05, 0.1) is 16.8 Å². The number of halogens is 2. The third-order valence-corrected chi connectivity index (χ3v) is 7.60. The van der Waals surface area contributed by atoms with E-state index in [0.717, 1.165) is 57.8 Å². The Kier molecular flexibility index (Phi) is 7.94. The monoisotopic (exact) mass is 476 g/mol. The molecular weight excluding hydrogens is 443 g/mol. The van der Waals surface area contributed by atoms with Crippen molar-refractivity contribution in [1.82, 2.24) is 5.32 Å². The van der Waals surface area contributed by atoms with E-state index in [-0.39, 0.29) is 28.8 Å². The summed E-state index contributed by atoms with van der Waals surface area (Å²) in [5.41, 5.74) is 1.01. The number of carbonyl (C=O) groups excluding carboxylic acids is 2. The molecule has 1 aromatic rings. The van der Waals surface area contributed by atoms with E-state index in [1.807, 2.05) is 0 Å². The number of amides is 2. The quantitative estimate of drug-likeness (QED) is 0.506. The van der Waals surface area contributed by atoms with Crippen LogP contribution in [0.3, 0.4) is 0 Å². The fraction of sp³-hybridized carbons (Fsp3) is 0.615. The maximum atomic E-state index is 14.6. The van der Waals surface area contributed by atoms with Crippen molar-refractivity contribution in [3.05, 3.63) is 34.1 Å². The van der Waals surface area contributed by atoms with E-state index in [9.17, 15) is 14.0 Å². The minimum absolute atomic E-state index is 0.0242. The first kappa shape index (κ1) is 24.1. The number of rotatable bonds is 6. The number of nitrogens with one attached hydrogen (secondary N) is 2. The van der Waals surface area contributed by atoms with Gasteiger partial charge in [0.25, 0.3) is 5.91 Å². The van der Waals surface area contributed by atoms with Gasteiger partial charge in [0, 0.05) is 23.3 Å². The number of ether oxygens (including phenoxy) is 1. The molecule has 2 unspecified atom stereocenters. The van der Waals surface area contributed by atoms with Crippen molar-refractivity contribution in [2.24, 2.45) is 5.92 Å². The topological polar surface area (TPSA) is 67.4 Å². The smallest absolute Gasteiger partial charge is 0.252 e. The van der Waals surface area contributed by atoms with E-state index in [1.54, 1.807) is 0 Å². The molecule has 4 rings (SSSR count). The normalized spacial score (nSPS) is 24.0. The van der Waals surface area contributed by atoms with Crippen LogP contribution in [-0.2, 0) is 9.59 Å². The summed E-state index contributed by atoms with van der Waals surface area (Å²) in [7, 11) is 0. The van der Waals surface area contributed by atoms with Crippen molar-refractivity contribution in [3.63, 3.8) is 0 Å². The van der Waals surface area contributed by atoms with Gasteiger partial charge in [0.2, 0.25) is 5.91 Å². The zero-order valence-electron chi connectivity index (χ0n) is 19.4. The Morgan fingerprint density at radius 3 is 2.27 bits per heavy atom. The molecule has 0 bridgehead atoms. The van der Waals surface area contributed by atoms with Crippen LogP contribution in [0.1, 0.15) is 84.0 Å². The molecule has 0 saturated heterocycles. The molecule has 7 heteroatoms. The zero-order chi connectivity index (χ0) is 23.4. The van der Waals surface area contributed by atoms with Crippen LogP contribution in [0.25, 0.3) is 0 Å². The molecule has 5 nitrogen and oxygen atoms in total. The molecule has 0 heterocycles. The Morgan fingerprint density at radius 1 is 0.939 bits per heavy atom. The molecule has 0 aliphatic heterocycles. The Labute approximate surface area is 200 Å². The van der Waals surface area contributed by atoms with Crippen molar-refractivity contribution in [1.29, 1.82) is 0 Å². The minimum atomic E-state index is -0.620. The summed E-state index contributed by atoms with van der Waals surface area (Å²) in [4.78, 5) is 26.2. The summed E-state index contributed by atoms with van der Waals surface area (Å²) in [5, 5.41) is 6.04. The summed E-state index contributed by atoms with van der Waals surface area (Å²) in [5.74, 6) is -0.386. The van der Waals surface area contributed by atoms with E-state index < -0.39 is 11.7 Å². The highest BCUT2D eigenvalue weighted by molar-refractivity contribution is 6.32. The molecule has 180 valence electrons. The van der Waals surface area contributed by atoms with E-state index in [4.69, 9.17) is 16.3 Å². The van der Waals surface area contributed by atoms with E-state index >= 15 is 0 Å². The highest BCUT2D eigenvalue weighted by atomic mass is 35.5. The lowest BCUT2D eigenvalue weighted by molar-refractivity contribution is -0.120. The molecule has 2 fully saturated rings. The number of hydrogen-bond acceptors (Lipinski definition) is 3. The number of anilines is 1. The fourth-order valence-corrected chi connectivity index (χ4v) is 5.49. The van der Waals surface area contributed by atoms with Crippen molar-refractivity contribution >= 4 is 29.1 Å². The first-order chi connectivity index (χ1) is 15.9. The van der Waals surface area contributed by atoms with Gasteiger partial charge in [-0.25, -0.2) is 4.39 Å². The van der Waals surface area contributed by atoms with Gasteiger partial charge >= 0.3 is 0 Å². The van der Waals surface area contributed by atoms with Crippen molar-refractivity contribution < 1.29 is 18.7 Å². The molecular formula is C26H34ClFN2O3. The van der Waals surface area contributed by atoms with Crippen LogP contribution in [0, 0.1) is 11.7 Å². The molecule has 33 heavy (non-hydrogen) atoms. The second-order valence-corrected chi connectivity index (χ2v) is 10.2. The Morgan fingerprint density at radius 2 is 1.58 bits per heavy atom. The van der Waals surface area contributed by atoms with Gasteiger partial charge in [0.1, 0.15) is 11.6 Å². The summed E-state index contributed by atoms with van der Waals surface area (Å²) >= 11 is 6.19.